The van der Waals surface area contributed by atoms with E-state index >= 15 is 9.18 Å². The average Bonchev–Trinajstić information content (AvgIpc) is 3.22. The molecular formula is C40H38F5N3O3S. The van der Waals surface area contributed by atoms with E-state index in [4.69, 9.17) is 15.1 Å². The molecule has 0 unspecified atom stereocenters. The first kappa shape index (κ1) is 21.9. The van der Waals surface area contributed by atoms with Crippen LogP contribution in [0.25, 0.3) is 22.0 Å². The fraction of sp³-hybridized carbons (Fsp3) is 0.300. The molecule has 1 amide bonds. The summed E-state index contributed by atoms with van der Waals surface area (Å²) in [5, 5.41) is -0.549. The quantitative estimate of drug-likeness (QED) is 0.0948. The summed E-state index contributed by atoms with van der Waals surface area (Å²) in [5.41, 5.74) is -5.06. The van der Waals surface area contributed by atoms with Crippen molar-refractivity contribution in [1.29, 1.82) is 0 Å². The number of fused-ring (bicyclic) bond motifs is 1. The predicted octanol–water partition coefficient (Wildman–Crippen LogP) is 8.40. The fourth-order valence-electron chi connectivity index (χ4n) is 5.20. The number of ether oxygens (including phenoxy) is 1. The van der Waals surface area contributed by atoms with Crippen molar-refractivity contribution in [2.24, 2.45) is 0 Å². The van der Waals surface area contributed by atoms with Gasteiger partial charge >= 0.3 is 6.18 Å². The van der Waals surface area contributed by atoms with E-state index in [0.717, 1.165) is 53.1 Å². The molecular weight excluding hydrogens is 698 g/mol. The summed E-state index contributed by atoms with van der Waals surface area (Å²) >= 11 is 0.127. The molecule has 0 atom stereocenters. The Morgan fingerprint density at radius 3 is 2.38 bits per heavy atom. The van der Waals surface area contributed by atoms with Crippen LogP contribution in [0.2, 0.25) is 0 Å². The first-order valence-corrected chi connectivity index (χ1v) is 16.1. The summed E-state index contributed by atoms with van der Waals surface area (Å²) in [4.78, 5) is 28.5. The maximum atomic E-state index is 15.2. The summed E-state index contributed by atoms with van der Waals surface area (Å²) in [6, 6.07) is 14.0. The molecule has 4 aromatic carbocycles. The van der Waals surface area contributed by atoms with Crippen molar-refractivity contribution in [2.45, 2.75) is 48.8 Å². The number of hydrogen-bond donors (Lipinski definition) is 0. The largest absolute Gasteiger partial charge is 0.416 e. The fourth-order valence-corrected chi connectivity index (χ4v) is 6.01. The highest BCUT2D eigenvalue weighted by Crippen LogP contribution is 2.32. The van der Waals surface area contributed by atoms with Crippen molar-refractivity contribution in [3.05, 3.63) is 136 Å². The molecule has 2 heterocycles. The highest BCUT2D eigenvalue weighted by Gasteiger charge is 2.31. The second kappa shape index (κ2) is 16.4. The Bertz CT molecular complexity index is 2750. The van der Waals surface area contributed by atoms with Crippen LogP contribution in [0.15, 0.2) is 107 Å². The molecule has 12 heteroatoms. The zero-order valence-corrected chi connectivity index (χ0v) is 27.5. The van der Waals surface area contributed by atoms with Gasteiger partial charge in [0, 0.05) is 75.6 Å². The number of methoxy groups -OCH3 is 1. The predicted molar refractivity (Wildman–Crippen MR) is 193 cm³/mol. The van der Waals surface area contributed by atoms with E-state index in [9.17, 15) is 29.2 Å². The van der Waals surface area contributed by atoms with Crippen LogP contribution >= 0.6 is 11.8 Å². The van der Waals surface area contributed by atoms with E-state index in [1.54, 1.807) is 0 Å². The van der Waals surface area contributed by atoms with E-state index in [2.05, 4.69) is 4.74 Å². The monoisotopic (exact) mass is 751 g/mol. The minimum absolute atomic E-state index is 0.0736. The number of carbonyl (C=O) groups is 1. The highest BCUT2D eigenvalue weighted by molar-refractivity contribution is 7.98. The molecule has 0 N–H and O–H groups in total. The third-order valence-electron chi connectivity index (χ3n) is 7.82. The Kier molecular flexibility index (Phi) is 6.91. The summed E-state index contributed by atoms with van der Waals surface area (Å²) in [5.74, 6) is -4.51. The summed E-state index contributed by atoms with van der Waals surface area (Å²) < 4.78 is 213. The molecule has 0 spiro atoms. The van der Waals surface area contributed by atoms with Gasteiger partial charge in [-0.1, -0.05) is 60.7 Å². The number of para-hydroxylation sites is 1. The number of benzene rings is 4. The highest BCUT2D eigenvalue weighted by atomic mass is 32.2. The molecule has 1 fully saturated rings. The van der Waals surface area contributed by atoms with Crippen LogP contribution in [-0.4, -0.2) is 59.4 Å². The second-order valence-corrected chi connectivity index (χ2v) is 12.0. The molecule has 0 bridgehead atoms. The normalized spacial score (nSPS) is 24.0. The van der Waals surface area contributed by atoms with Crippen LogP contribution in [0.5, 0.6) is 0 Å². The van der Waals surface area contributed by atoms with Gasteiger partial charge < -0.3 is 19.1 Å². The number of carbonyl (C=O) groups excluding carboxylic acids is 1. The van der Waals surface area contributed by atoms with E-state index in [1.807, 2.05) is 0 Å². The number of amides is 1. The van der Waals surface area contributed by atoms with E-state index < -0.39 is 116 Å². The summed E-state index contributed by atoms with van der Waals surface area (Å²) in [6.45, 7) is -15.6. The van der Waals surface area contributed by atoms with Gasteiger partial charge in [-0.25, -0.2) is 8.78 Å². The van der Waals surface area contributed by atoms with Gasteiger partial charge in [-0.2, -0.15) is 13.2 Å². The topological polar surface area (TPSA) is 54.8 Å². The van der Waals surface area contributed by atoms with Crippen molar-refractivity contribution >= 4 is 28.6 Å². The molecule has 1 aromatic heterocycles. The molecule has 0 saturated carbocycles. The van der Waals surface area contributed by atoms with Gasteiger partial charge in [0.2, 0.25) is 5.91 Å². The Balaban J connectivity index is 1.53. The molecule has 1 saturated heterocycles. The molecule has 1 aliphatic heterocycles. The Morgan fingerprint density at radius 1 is 1.00 bits per heavy atom. The lowest BCUT2D eigenvalue weighted by molar-refractivity contribution is -0.137. The van der Waals surface area contributed by atoms with Gasteiger partial charge in [-0.15, -0.1) is 11.8 Å². The zero-order valence-electron chi connectivity index (χ0n) is 42.7. The Hall–Kier alpha value is -4.52. The SMILES string of the molecule is [2H]C([2H])([2H])OC([2H])([2H])CN1C([2H])([2H])C([2H])([2H])C([2H])(N(Cc2ccc(-c3ccc(C(F)(F)F)cc3)cc2)C(=O)Cn2c(SC([2H])([2H])c3cccc(F)c3F)cc(=O)c3ccccc32)C([2H])([2H])C1([2H])[2H]. The third-order valence-corrected chi connectivity index (χ3v) is 8.69. The third kappa shape index (κ3) is 8.74. The minimum Gasteiger partial charge on any atom is -0.383 e. The number of hydrogen-bond acceptors (Lipinski definition) is 5. The average molecular weight is 752 g/mol. The number of thioether (sulfide) groups is 1. The lowest BCUT2D eigenvalue weighted by Crippen LogP contribution is -2.48. The molecule has 6 rings (SSSR count). The smallest absolute Gasteiger partial charge is 0.383 e. The van der Waals surface area contributed by atoms with Crippen LogP contribution in [0.3, 0.4) is 0 Å². The summed E-state index contributed by atoms with van der Waals surface area (Å²) in [6.07, 6.45) is -12.9. The Labute approximate surface area is 325 Å². The van der Waals surface area contributed by atoms with Crippen LogP contribution < -0.4 is 5.43 Å². The number of likely N-dealkylation sites (tertiary alicyclic amines) is 1. The number of halogens is 5. The number of rotatable bonds is 12. The standard InChI is InChI=1S/C40H38F5N3O3S/c1-51-22-21-46-19-17-32(18-20-46)47(24-27-9-11-28(12-10-27)29-13-15-31(16-14-29)40(43,44)45)37(50)25-48-35-8-3-2-6-33(35)36(49)23-38(48)52-26-30-5-4-7-34(41)39(30)42/h2-16,23,32H,17-22,24-26H2,1H3/i1D3,17D2,18D2,19D2,20D2,22D2,26D2,32D. The lowest BCUT2D eigenvalue weighted by Gasteiger charge is -2.39. The van der Waals surface area contributed by atoms with Crippen LogP contribution in [-0.2, 0) is 34.5 Å². The molecule has 52 heavy (non-hydrogen) atoms. The molecule has 6 nitrogen and oxygen atoms in total. The molecule has 272 valence electrons. The number of aromatic nitrogens is 1. The van der Waals surface area contributed by atoms with E-state index in [-0.39, 0.29) is 43.6 Å². The maximum Gasteiger partial charge on any atom is 0.416 e. The molecule has 0 radical (unpaired) electrons. The zero-order chi connectivity index (χ0) is 51.0. The van der Waals surface area contributed by atoms with Crippen molar-refractivity contribution in [1.82, 2.24) is 14.4 Å². The van der Waals surface area contributed by atoms with Gasteiger partial charge in [-0.05, 0) is 59.8 Å². The van der Waals surface area contributed by atoms with Gasteiger partial charge in [0.25, 0.3) is 0 Å². The lowest BCUT2D eigenvalue weighted by atomic mass is 10.00. The van der Waals surface area contributed by atoms with Crippen LogP contribution in [0.1, 0.15) is 51.4 Å². The van der Waals surface area contributed by atoms with E-state index in [1.165, 1.54) is 48.5 Å². The Morgan fingerprint density at radius 2 is 1.69 bits per heavy atom. The number of pyridine rings is 1. The first-order chi connectivity index (χ1) is 31.0. The molecule has 5 aromatic rings. The first-order valence-electron chi connectivity index (χ1n) is 23.3. The minimum atomic E-state index is -4.65. The van der Waals surface area contributed by atoms with Gasteiger partial charge in [-0.3, -0.25) is 9.59 Å². The second-order valence-electron chi connectivity index (χ2n) is 11.2. The van der Waals surface area contributed by atoms with Gasteiger partial charge in [0.1, 0.15) is 6.54 Å². The number of piperidine rings is 1. The van der Waals surface area contributed by atoms with Gasteiger partial charge in [0.15, 0.2) is 17.1 Å². The summed E-state index contributed by atoms with van der Waals surface area (Å²) in [7, 11) is -3.52. The van der Waals surface area contributed by atoms with Crippen LogP contribution in [0.4, 0.5) is 22.0 Å². The maximum absolute atomic E-state index is 15.2. The van der Waals surface area contributed by atoms with E-state index in [0.29, 0.717) is 5.56 Å². The molecule has 0 aliphatic carbocycles. The van der Waals surface area contributed by atoms with Crippen molar-refractivity contribution < 1.29 is 53.4 Å². The number of nitrogens with zero attached hydrogens (tertiary/aromatic N) is 3. The van der Waals surface area contributed by atoms with Crippen LogP contribution in [0, 0.1) is 11.6 Å². The van der Waals surface area contributed by atoms with Crippen molar-refractivity contribution in [3.63, 3.8) is 0 Å². The van der Waals surface area contributed by atoms with Crippen molar-refractivity contribution in [2.75, 3.05) is 33.1 Å². The van der Waals surface area contributed by atoms with Gasteiger partial charge in [0.05, 0.1) is 30.9 Å². The molecule has 1 aliphatic rings. The van der Waals surface area contributed by atoms with Crippen molar-refractivity contribution in [3.8, 4) is 11.1 Å². The number of alkyl halides is 3.